The second-order valence-electron chi connectivity index (χ2n) is 6.48. The number of carbonyl (C=O) groups is 1. The quantitative estimate of drug-likeness (QED) is 0.743. The first kappa shape index (κ1) is 16.9. The fourth-order valence-electron chi connectivity index (χ4n) is 2.74. The topological polar surface area (TPSA) is 66.9 Å². The van der Waals surface area contributed by atoms with Crippen LogP contribution >= 0.6 is 0 Å². The van der Waals surface area contributed by atoms with E-state index < -0.39 is 0 Å². The molecular formula is C20H22N4O. The van der Waals surface area contributed by atoms with E-state index in [1.54, 1.807) is 0 Å². The highest BCUT2D eigenvalue weighted by Gasteiger charge is 2.07. The number of hydrogen-bond donors (Lipinski definition) is 2. The average molecular weight is 334 g/mol. The molecule has 0 aliphatic rings. The Bertz CT molecular complexity index is 934. The van der Waals surface area contributed by atoms with Gasteiger partial charge in [0.05, 0.1) is 5.52 Å². The van der Waals surface area contributed by atoms with E-state index in [9.17, 15) is 4.79 Å². The van der Waals surface area contributed by atoms with E-state index in [2.05, 4.69) is 47.4 Å². The van der Waals surface area contributed by atoms with Crippen LogP contribution in [0.3, 0.4) is 0 Å². The fourth-order valence-corrected chi connectivity index (χ4v) is 2.74. The molecule has 0 aliphatic heterocycles. The molecule has 0 bridgehead atoms. The Balaban J connectivity index is 2.00. The van der Waals surface area contributed by atoms with Crippen LogP contribution in [0, 0.1) is 6.92 Å². The van der Waals surface area contributed by atoms with Crippen molar-refractivity contribution in [2.45, 2.75) is 33.7 Å². The third-order valence-electron chi connectivity index (χ3n) is 3.87. The summed E-state index contributed by atoms with van der Waals surface area (Å²) in [6.07, 6.45) is 1.84. The van der Waals surface area contributed by atoms with Crippen molar-refractivity contribution in [3.05, 3.63) is 48.2 Å². The Labute approximate surface area is 147 Å². The lowest BCUT2D eigenvalue weighted by molar-refractivity contribution is -0.114. The molecule has 3 aromatic rings. The van der Waals surface area contributed by atoms with Crippen molar-refractivity contribution in [1.29, 1.82) is 0 Å². The van der Waals surface area contributed by atoms with E-state index in [0.717, 1.165) is 33.3 Å². The molecule has 1 heterocycles. The lowest BCUT2D eigenvalue weighted by Crippen LogP contribution is -2.12. The highest BCUT2D eigenvalue weighted by Crippen LogP contribution is 2.29. The number of aromatic nitrogens is 2. The zero-order chi connectivity index (χ0) is 18.0. The molecule has 0 aliphatic carbocycles. The standard InChI is InChI=1S/C20H22N4O/c1-12(2)22-20-21-11-16-9-15(6-8-19(16)24-20)18-10-17(23-14(4)25)7-5-13(18)3/h5-12H,1-4H3,(H,23,25)(H,21,22,24). The highest BCUT2D eigenvalue weighted by atomic mass is 16.1. The van der Waals surface area contributed by atoms with Gasteiger partial charge in [0.15, 0.2) is 0 Å². The predicted octanol–water partition coefficient (Wildman–Crippen LogP) is 4.38. The largest absolute Gasteiger partial charge is 0.352 e. The van der Waals surface area contributed by atoms with Crippen molar-refractivity contribution in [2.75, 3.05) is 10.6 Å². The van der Waals surface area contributed by atoms with Crippen LogP contribution < -0.4 is 10.6 Å². The summed E-state index contributed by atoms with van der Waals surface area (Å²) in [5.74, 6) is 0.561. The van der Waals surface area contributed by atoms with Crippen LogP contribution in [0.15, 0.2) is 42.6 Å². The molecule has 0 atom stereocenters. The van der Waals surface area contributed by atoms with Gasteiger partial charge in [-0.2, -0.15) is 0 Å². The summed E-state index contributed by atoms with van der Waals surface area (Å²) in [6, 6.07) is 12.3. The Morgan fingerprint density at radius 3 is 2.64 bits per heavy atom. The molecule has 5 heteroatoms. The highest BCUT2D eigenvalue weighted by molar-refractivity contribution is 5.91. The summed E-state index contributed by atoms with van der Waals surface area (Å²) < 4.78 is 0. The number of amides is 1. The number of nitrogens with zero attached hydrogens (tertiary/aromatic N) is 2. The Morgan fingerprint density at radius 2 is 1.92 bits per heavy atom. The van der Waals surface area contributed by atoms with Crippen LogP contribution in [0.25, 0.3) is 22.0 Å². The molecule has 0 spiro atoms. The van der Waals surface area contributed by atoms with Crippen LogP contribution in [-0.2, 0) is 4.79 Å². The summed E-state index contributed by atoms with van der Waals surface area (Å²) in [6.45, 7) is 7.68. The number of nitrogens with one attached hydrogen (secondary N) is 2. The zero-order valence-electron chi connectivity index (χ0n) is 14.9. The van der Waals surface area contributed by atoms with Crippen LogP contribution in [-0.4, -0.2) is 21.9 Å². The second kappa shape index (κ2) is 6.89. The average Bonchev–Trinajstić information content (AvgIpc) is 2.55. The second-order valence-corrected chi connectivity index (χ2v) is 6.48. The molecular weight excluding hydrogens is 312 g/mol. The number of anilines is 2. The molecule has 3 rings (SSSR count). The van der Waals surface area contributed by atoms with E-state index in [1.165, 1.54) is 6.92 Å². The number of aryl methyl sites for hydroxylation is 1. The van der Waals surface area contributed by atoms with Gasteiger partial charge in [0.1, 0.15) is 0 Å². The lowest BCUT2D eigenvalue weighted by atomic mass is 9.98. The minimum Gasteiger partial charge on any atom is -0.352 e. The first-order valence-electron chi connectivity index (χ1n) is 8.34. The Hall–Kier alpha value is -2.95. The smallest absolute Gasteiger partial charge is 0.223 e. The van der Waals surface area contributed by atoms with Gasteiger partial charge in [0, 0.05) is 30.2 Å². The molecule has 0 fully saturated rings. The summed E-state index contributed by atoms with van der Waals surface area (Å²) in [5, 5.41) is 7.03. The first-order chi connectivity index (χ1) is 11.9. The SMILES string of the molecule is CC(=O)Nc1ccc(C)c(-c2ccc3nc(NC(C)C)ncc3c2)c1. The monoisotopic (exact) mass is 334 g/mol. The van der Waals surface area contributed by atoms with Crippen molar-refractivity contribution in [3.8, 4) is 11.1 Å². The predicted molar refractivity (Wildman–Crippen MR) is 103 cm³/mol. The molecule has 1 amide bonds. The summed E-state index contributed by atoms with van der Waals surface area (Å²) in [4.78, 5) is 20.2. The minimum absolute atomic E-state index is 0.0769. The van der Waals surface area contributed by atoms with Gasteiger partial charge in [-0.25, -0.2) is 9.97 Å². The third-order valence-corrected chi connectivity index (χ3v) is 3.87. The summed E-state index contributed by atoms with van der Waals surface area (Å²) >= 11 is 0. The zero-order valence-corrected chi connectivity index (χ0v) is 14.9. The maximum atomic E-state index is 11.3. The third kappa shape index (κ3) is 3.94. The van der Waals surface area contributed by atoms with E-state index in [1.807, 2.05) is 36.5 Å². The molecule has 0 radical (unpaired) electrons. The normalized spacial score (nSPS) is 10.9. The van der Waals surface area contributed by atoms with Crippen molar-refractivity contribution >= 4 is 28.4 Å². The van der Waals surface area contributed by atoms with Crippen molar-refractivity contribution in [2.24, 2.45) is 0 Å². The van der Waals surface area contributed by atoms with E-state index in [0.29, 0.717) is 5.95 Å². The Morgan fingerprint density at radius 1 is 1.12 bits per heavy atom. The van der Waals surface area contributed by atoms with Crippen LogP contribution in [0.1, 0.15) is 26.3 Å². The van der Waals surface area contributed by atoms with Gasteiger partial charge in [0.25, 0.3) is 0 Å². The maximum Gasteiger partial charge on any atom is 0.223 e. The maximum absolute atomic E-state index is 11.3. The van der Waals surface area contributed by atoms with Gasteiger partial charge in [-0.05, 0) is 61.7 Å². The van der Waals surface area contributed by atoms with Crippen molar-refractivity contribution in [3.63, 3.8) is 0 Å². The number of hydrogen-bond acceptors (Lipinski definition) is 4. The summed E-state index contributed by atoms with van der Waals surface area (Å²) in [5.41, 5.74) is 4.99. The van der Waals surface area contributed by atoms with Crippen molar-refractivity contribution < 1.29 is 4.79 Å². The first-order valence-corrected chi connectivity index (χ1v) is 8.34. The van der Waals surface area contributed by atoms with Gasteiger partial charge < -0.3 is 10.6 Å². The van der Waals surface area contributed by atoms with Gasteiger partial charge in [-0.3, -0.25) is 4.79 Å². The number of fused-ring (bicyclic) bond motifs is 1. The molecule has 0 saturated carbocycles. The van der Waals surface area contributed by atoms with Gasteiger partial charge in [-0.1, -0.05) is 12.1 Å². The van der Waals surface area contributed by atoms with E-state index in [4.69, 9.17) is 0 Å². The number of benzene rings is 2. The van der Waals surface area contributed by atoms with Crippen molar-refractivity contribution in [1.82, 2.24) is 9.97 Å². The van der Waals surface area contributed by atoms with Gasteiger partial charge in [0.2, 0.25) is 11.9 Å². The van der Waals surface area contributed by atoms with Gasteiger partial charge in [-0.15, -0.1) is 0 Å². The molecule has 128 valence electrons. The molecule has 2 N–H and O–H groups in total. The lowest BCUT2D eigenvalue weighted by Gasteiger charge is -2.11. The number of carbonyl (C=O) groups excluding carboxylic acids is 1. The Kier molecular flexibility index (Phi) is 4.65. The van der Waals surface area contributed by atoms with Crippen LogP contribution in [0.2, 0.25) is 0 Å². The number of rotatable bonds is 4. The molecule has 1 aromatic heterocycles. The molecule has 25 heavy (non-hydrogen) atoms. The fraction of sp³-hybridized carbons (Fsp3) is 0.250. The molecule has 2 aromatic carbocycles. The molecule has 0 saturated heterocycles. The van der Waals surface area contributed by atoms with E-state index in [-0.39, 0.29) is 11.9 Å². The van der Waals surface area contributed by atoms with Crippen LogP contribution in [0.4, 0.5) is 11.6 Å². The minimum atomic E-state index is -0.0769. The van der Waals surface area contributed by atoms with Crippen LogP contribution in [0.5, 0.6) is 0 Å². The summed E-state index contributed by atoms with van der Waals surface area (Å²) in [7, 11) is 0. The molecule has 0 unspecified atom stereocenters. The van der Waals surface area contributed by atoms with E-state index >= 15 is 0 Å². The van der Waals surface area contributed by atoms with Gasteiger partial charge >= 0.3 is 0 Å². The molecule has 5 nitrogen and oxygen atoms in total.